The Labute approximate surface area is 360 Å². The van der Waals surface area contributed by atoms with Gasteiger partial charge in [-0.3, -0.25) is 29.1 Å². The van der Waals surface area contributed by atoms with Crippen molar-refractivity contribution in [2.24, 2.45) is 28.6 Å². The summed E-state index contributed by atoms with van der Waals surface area (Å²) in [5, 5.41) is 14.0. The summed E-state index contributed by atoms with van der Waals surface area (Å²) < 4.78 is 12.9. The number of nitrogens with zero attached hydrogens (tertiary/aromatic N) is 2. The third-order valence-electron chi connectivity index (χ3n) is 15.6. The number of carbonyl (C=O) groups excluding carboxylic acids is 3. The molecule has 9 nitrogen and oxygen atoms in total. The molecule has 12 rings (SSSR count). The molecule has 0 radical (unpaired) electrons. The van der Waals surface area contributed by atoms with Gasteiger partial charge in [-0.05, 0) is 100 Å². The summed E-state index contributed by atoms with van der Waals surface area (Å²) in [5.74, 6) is 0.614. The molecular formula is C53H48N2O7. The van der Waals surface area contributed by atoms with E-state index in [0.29, 0.717) is 36.5 Å². The molecule has 2 fully saturated rings. The molecule has 2 aromatic carbocycles. The van der Waals surface area contributed by atoms with Gasteiger partial charge in [0.15, 0.2) is 11.6 Å². The first-order valence-corrected chi connectivity index (χ1v) is 22.1. The Hall–Kier alpha value is -6.22. The number of carboxylic acids is 1. The molecule has 6 aliphatic carbocycles. The van der Waals surface area contributed by atoms with E-state index < -0.39 is 11.9 Å². The van der Waals surface area contributed by atoms with Crippen LogP contribution in [0.2, 0.25) is 0 Å². The summed E-state index contributed by atoms with van der Waals surface area (Å²) in [6.45, 7) is 4.50. The molecule has 4 heterocycles. The average Bonchev–Trinajstić information content (AvgIpc) is 3.78. The van der Waals surface area contributed by atoms with Crippen LogP contribution in [-0.4, -0.2) is 50.6 Å². The number of benzene rings is 2. The summed E-state index contributed by atoms with van der Waals surface area (Å²) in [5.41, 5.74) is 5.36. The van der Waals surface area contributed by atoms with Gasteiger partial charge in [0.2, 0.25) is 0 Å². The second kappa shape index (κ2) is 14.4. The van der Waals surface area contributed by atoms with Crippen molar-refractivity contribution in [1.29, 1.82) is 0 Å². The molecule has 1 unspecified atom stereocenters. The molecule has 4 aromatic rings. The molecule has 0 bridgehead atoms. The van der Waals surface area contributed by atoms with Gasteiger partial charge in [-0.25, -0.2) is 0 Å². The summed E-state index contributed by atoms with van der Waals surface area (Å²) in [4.78, 5) is 58.2. The Bertz CT molecular complexity index is 2840. The fourth-order valence-electron chi connectivity index (χ4n) is 12.3. The number of carbonyl (C=O) groups is 4. The van der Waals surface area contributed by atoms with E-state index in [-0.39, 0.29) is 64.6 Å². The molecule has 0 saturated heterocycles. The summed E-state index contributed by atoms with van der Waals surface area (Å²) >= 11 is 0. The van der Waals surface area contributed by atoms with Crippen molar-refractivity contribution in [3.63, 3.8) is 0 Å². The van der Waals surface area contributed by atoms with Crippen molar-refractivity contribution in [1.82, 2.24) is 9.97 Å². The van der Waals surface area contributed by atoms with Gasteiger partial charge < -0.3 is 14.6 Å². The number of aliphatic carboxylic acids is 1. The number of ketones is 3. The number of hydrogen-bond donors (Lipinski definition) is 1. The molecule has 0 amide bonds. The van der Waals surface area contributed by atoms with E-state index >= 15 is 0 Å². The van der Waals surface area contributed by atoms with Crippen LogP contribution in [0.5, 0.6) is 0 Å². The smallest absolute Gasteiger partial charge is 0.307 e. The number of allylic oxidation sites excluding steroid dienone is 8. The van der Waals surface area contributed by atoms with Gasteiger partial charge in [-0.2, -0.15) is 0 Å². The minimum Gasteiger partial charge on any atom is -0.489 e. The van der Waals surface area contributed by atoms with Gasteiger partial charge in [0, 0.05) is 84.9 Å². The first-order chi connectivity index (χ1) is 30.0. The standard InChI is InChI=1S/C27H25NO4.C26H23NO3/c1-27-8-6-17-11-20-23(29)12-18(26(30)31)13-24(20)32-25(17)22(27)5-4-21(27)16-3-2-15-7-9-28-14-19(15)10-16;1-26-9-7-17-12-19-21(28)3-2-4-23(19)30-25(17)20(26)13-22(29)24(26)16-6-5-15-8-10-27-14-18(15)11-16/h2-3,6-11,14,18,21-22,25H,4-5,12-13H2,1H3,(H,30,31);5-12,14,20,24-25H,2-4,13H2,1H3/t18?,21-,22+,25-,27-;20-,24-,25+,26-/m10/s1. The number of Topliss-reactive ketones (excluding diaryl/α,β-unsaturated/α-hetero) is 3. The highest BCUT2D eigenvalue weighted by Crippen LogP contribution is 2.60. The lowest BCUT2D eigenvalue weighted by atomic mass is 9.64. The summed E-state index contributed by atoms with van der Waals surface area (Å²) in [7, 11) is 0. The van der Waals surface area contributed by atoms with E-state index in [1.807, 2.05) is 42.9 Å². The lowest BCUT2D eigenvalue weighted by molar-refractivity contribution is -0.144. The fourth-order valence-corrected chi connectivity index (χ4v) is 12.3. The van der Waals surface area contributed by atoms with Crippen LogP contribution >= 0.6 is 0 Å². The number of carboxylic acid groups (broad SMARTS) is 1. The molecule has 312 valence electrons. The minimum absolute atomic E-state index is 0.0513. The number of pyridine rings is 2. The minimum atomic E-state index is -0.927. The average molecular weight is 825 g/mol. The number of rotatable bonds is 3. The van der Waals surface area contributed by atoms with Crippen LogP contribution < -0.4 is 0 Å². The van der Waals surface area contributed by atoms with Gasteiger partial charge in [-0.15, -0.1) is 0 Å². The van der Waals surface area contributed by atoms with Crippen LogP contribution in [0.4, 0.5) is 0 Å². The highest BCUT2D eigenvalue weighted by Gasteiger charge is 2.57. The van der Waals surface area contributed by atoms with Gasteiger partial charge in [0.1, 0.15) is 29.5 Å². The molecule has 62 heavy (non-hydrogen) atoms. The number of ether oxygens (including phenoxy) is 2. The van der Waals surface area contributed by atoms with E-state index in [0.717, 1.165) is 69.9 Å². The van der Waals surface area contributed by atoms with Crippen molar-refractivity contribution in [2.75, 3.05) is 0 Å². The van der Waals surface area contributed by atoms with E-state index in [9.17, 15) is 24.3 Å². The molecule has 9 heteroatoms. The van der Waals surface area contributed by atoms with Crippen molar-refractivity contribution in [2.45, 2.75) is 89.3 Å². The largest absolute Gasteiger partial charge is 0.489 e. The third kappa shape index (κ3) is 6.10. The quantitative estimate of drug-likeness (QED) is 0.214. The Kier molecular flexibility index (Phi) is 9.00. The lowest BCUT2D eigenvalue weighted by Crippen LogP contribution is -2.41. The van der Waals surface area contributed by atoms with Gasteiger partial charge in [-0.1, -0.05) is 62.4 Å². The predicted molar refractivity (Wildman–Crippen MR) is 233 cm³/mol. The van der Waals surface area contributed by atoms with Gasteiger partial charge in [0.05, 0.1) is 23.0 Å². The van der Waals surface area contributed by atoms with Crippen molar-refractivity contribution >= 4 is 44.9 Å². The third-order valence-corrected chi connectivity index (χ3v) is 15.6. The van der Waals surface area contributed by atoms with Crippen LogP contribution in [0.15, 0.2) is 144 Å². The van der Waals surface area contributed by atoms with E-state index in [1.165, 1.54) is 10.9 Å². The molecule has 1 N–H and O–H groups in total. The second-order valence-corrected chi connectivity index (χ2v) is 19.0. The van der Waals surface area contributed by atoms with Crippen molar-refractivity contribution in [3.05, 3.63) is 155 Å². The van der Waals surface area contributed by atoms with Crippen LogP contribution in [0, 0.1) is 28.6 Å². The maximum atomic E-state index is 13.3. The Morgan fingerprint density at radius 1 is 0.677 bits per heavy atom. The molecule has 9 atom stereocenters. The number of hydrogen-bond acceptors (Lipinski definition) is 8. The topological polar surface area (TPSA) is 133 Å². The van der Waals surface area contributed by atoms with Crippen LogP contribution in [0.1, 0.15) is 88.2 Å². The van der Waals surface area contributed by atoms with Crippen molar-refractivity contribution < 1.29 is 33.8 Å². The van der Waals surface area contributed by atoms with Crippen LogP contribution in [0.25, 0.3) is 21.5 Å². The van der Waals surface area contributed by atoms with Crippen molar-refractivity contribution in [3.8, 4) is 0 Å². The fraction of sp³-hybridized carbons (Fsp3) is 0.358. The van der Waals surface area contributed by atoms with E-state index in [4.69, 9.17) is 9.47 Å². The molecule has 2 aromatic heterocycles. The molecular weight excluding hydrogens is 777 g/mol. The normalized spacial score (nSPS) is 32.9. The van der Waals surface area contributed by atoms with Gasteiger partial charge >= 0.3 is 5.97 Å². The molecule has 8 aliphatic rings. The highest BCUT2D eigenvalue weighted by molar-refractivity contribution is 6.02. The Morgan fingerprint density at radius 2 is 1.31 bits per heavy atom. The van der Waals surface area contributed by atoms with Crippen LogP contribution in [0.3, 0.4) is 0 Å². The highest BCUT2D eigenvalue weighted by atomic mass is 16.5. The molecule has 2 saturated carbocycles. The predicted octanol–water partition coefficient (Wildman–Crippen LogP) is 9.76. The molecule has 0 spiro atoms. The maximum Gasteiger partial charge on any atom is 0.307 e. The molecule has 2 aliphatic heterocycles. The second-order valence-electron chi connectivity index (χ2n) is 19.0. The van der Waals surface area contributed by atoms with Crippen LogP contribution in [-0.2, 0) is 28.7 Å². The number of fused-ring (bicyclic) bond motifs is 8. The number of aromatic nitrogens is 2. The zero-order valence-electron chi connectivity index (χ0n) is 34.9. The summed E-state index contributed by atoms with van der Waals surface area (Å²) in [6.07, 6.45) is 25.0. The SMILES string of the molecule is C[C@]12C=CC3=CC4=C(CC(C(=O)O)CC4=O)O[C@H]3[C@@H]1CC[C@@H]2c1ccc2ccncc2c1.C[C@]12C=CC3=CC4=C(CCCC4=O)O[C@H]3[C@@H]1CC(=O)[C@@H]2c1ccc2ccncc2c1. The Morgan fingerprint density at radius 3 is 2.02 bits per heavy atom. The first-order valence-electron chi connectivity index (χ1n) is 22.1. The first kappa shape index (κ1) is 38.7. The monoisotopic (exact) mass is 824 g/mol. The maximum absolute atomic E-state index is 13.3. The lowest BCUT2D eigenvalue weighted by Gasteiger charge is -2.44. The Balaban J connectivity index is 0.000000140. The summed E-state index contributed by atoms with van der Waals surface area (Å²) in [6, 6.07) is 17.0. The van der Waals surface area contributed by atoms with Gasteiger partial charge in [0.25, 0.3) is 0 Å². The van der Waals surface area contributed by atoms with E-state index in [2.05, 4.69) is 84.5 Å². The zero-order chi connectivity index (χ0) is 42.5. The van der Waals surface area contributed by atoms with E-state index in [1.54, 1.807) is 6.20 Å². The zero-order valence-corrected chi connectivity index (χ0v) is 34.9.